The summed E-state index contributed by atoms with van der Waals surface area (Å²) in [7, 11) is 1.89. The third-order valence-corrected chi connectivity index (χ3v) is 5.07. The van der Waals surface area contributed by atoms with E-state index in [0.29, 0.717) is 24.6 Å². The van der Waals surface area contributed by atoms with E-state index in [1.807, 2.05) is 56.8 Å². The lowest BCUT2D eigenvalue weighted by Crippen LogP contribution is -2.36. The number of hydrogen-bond donors (Lipinski definition) is 1. The van der Waals surface area contributed by atoms with Gasteiger partial charge >= 0.3 is 6.09 Å². The summed E-state index contributed by atoms with van der Waals surface area (Å²) in [5.74, 6) is 0.854. The van der Waals surface area contributed by atoms with E-state index in [1.54, 1.807) is 6.33 Å². The Hall–Kier alpha value is -3.94. The number of carbonyl (C=O) groups is 1. The van der Waals surface area contributed by atoms with Gasteiger partial charge in [-0.1, -0.05) is 59.8 Å². The maximum Gasteiger partial charge on any atom is 0.408 e. The van der Waals surface area contributed by atoms with Gasteiger partial charge in [-0.25, -0.2) is 9.78 Å². The van der Waals surface area contributed by atoms with E-state index < -0.39 is 17.7 Å². The van der Waals surface area contributed by atoms with Gasteiger partial charge in [-0.05, 0) is 37.5 Å². The lowest BCUT2D eigenvalue weighted by Gasteiger charge is -2.21. The van der Waals surface area contributed by atoms with Crippen LogP contribution in [0.4, 0.5) is 4.79 Å². The molecule has 1 atom stereocenters. The van der Waals surface area contributed by atoms with Crippen LogP contribution in [0.3, 0.4) is 0 Å². The third kappa shape index (κ3) is 6.31. The molecule has 176 valence electrons. The predicted molar refractivity (Wildman–Crippen MR) is 128 cm³/mol. The number of rotatable bonds is 7. The minimum atomic E-state index is -0.619. The molecule has 2 aromatic heterocycles. The fourth-order valence-corrected chi connectivity index (χ4v) is 3.54. The van der Waals surface area contributed by atoms with Crippen molar-refractivity contribution in [2.24, 2.45) is 7.05 Å². The summed E-state index contributed by atoms with van der Waals surface area (Å²) in [6.07, 6.45) is 3.95. The Bertz CT molecular complexity index is 1220. The van der Waals surface area contributed by atoms with Gasteiger partial charge in [0.1, 0.15) is 11.6 Å². The average molecular weight is 460 g/mol. The second-order valence-electron chi connectivity index (χ2n) is 9.22. The van der Waals surface area contributed by atoms with Crippen LogP contribution in [-0.4, -0.2) is 31.4 Å². The number of nitrogens with one attached hydrogen (secondary N) is 1. The van der Waals surface area contributed by atoms with Gasteiger partial charge in [0.2, 0.25) is 5.89 Å². The standard InChI is InChI=1S/C26H29N5O3/c1-26(2,3)33-25(32)28-22(15-21-16-31(4)17-27-21)24-29-23(30-34-24)14-18-10-12-20(13-11-18)19-8-6-5-7-9-19/h5-13,16-17,22H,14-15H2,1-4H3,(H,28,32)/t22-/m0/s1. The minimum absolute atomic E-state index is 0.312. The Morgan fingerprint density at radius 3 is 2.44 bits per heavy atom. The lowest BCUT2D eigenvalue weighted by molar-refractivity contribution is 0.0493. The fourth-order valence-electron chi connectivity index (χ4n) is 3.54. The van der Waals surface area contributed by atoms with Gasteiger partial charge in [-0.15, -0.1) is 0 Å². The van der Waals surface area contributed by atoms with Crippen LogP contribution in [0, 0.1) is 0 Å². The fraction of sp³-hybridized carbons (Fsp3) is 0.308. The van der Waals surface area contributed by atoms with Crippen LogP contribution < -0.4 is 5.32 Å². The van der Waals surface area contributed by atoms with E-state index in [2.05, 4.69) is 56.8 Å². The quantitative estimate of drug-likeness (QED) is 0.424. The first kappa shape index (κ1) is 23.2. The van der Waals surface area contributed by atoms with Crippen LogP contribution in [-0.2, 0) is 24.6 Å². The molecule has 0 bridgehead atoms. The van der Waals surface area contributed by atoms with Gasteiger partial charge in [-0.2, -0.15) is 4.98 Å². The molecule has 0 radical (unpaired) electrons. The SMILES string of the molecule is Cn1cnc(C[C@H](NC(=O)OC(C)(C)C)c2nc(Cc3ccc(-c4ccccc4)cc3)no2)c1. The molecule has 0 spiro atoms. The van der Waals surface area contributed by atoms with Crippen LogP contribution >= 0.6 is 0 Å². The van der Waals surface area contributed by atoms with E-state index in [9.17, 15) is 4.79 Å². The summed E-state index contributed by atoms with van der Waals surface area (Å²) in [6.45, 7) is 5.44. The molecule has 2 heterocycles. The van der Waals surface area contributed by atoms with E-state index in [4.69, 9.17) is 9.26 Å². The molecule has 8 nitrogen and oxygen atoms in total. The monoisotopic (exact) mass is 459 g/mol. The van der Waals surface area contributed by atoms with Crippen LogP contribution in [0.1, 0.15) is 49.8 Å². The summed E-state index contributed by atoms with van der Waals surface area (Å²) >= 11 is 0. The van der Waals surface area contributed by atoms with Crippen LogP contribution in [0.5, 0.6) is 0 Å². The highest BCUT2D eigenvalue weighted by Gasteiger charge is 2.26. The van der Waals surface area contributed by atoms with E-state index in [1.165, 1.54) is 5.56 Å². The topological polar surface area (TPSA) is 95.1 Å². The van der Waals surface area contributed by atoms with E-state index in [-0.39, 0.29) is 0 Å². The molecule has 2 aromatic carbocycles. The molecular weight excluding hydrogens is 430 g/mol. The zero-order valence-electron chi connectivity index (χ0n) is 19.9. The molecule has 0 aliphatic rings. The lowest BCUT2D eigenvalue weighted by atomic mass is 10.0. The Balaban J connectivity index is 1.48. The molecule has 34 heavy (non-hydrogen) atoms. The van der Waals surface area contributed by atoms with Gasteiger partial charge in [-0.3, -0.25) is 0 Å². The summed E-state index contributed by atoms with van der Waals surface area (Å²) < 4.78 is 12.8. The summed E-state index contributed by atoms with van der Waals surface area (Å²) in [5.41, 5.74) is 3.55. The third-order valence-electron chi connectivity index (χ3n) is 5.07. The summed E-state index contributed by atoms with van der Waals surface area (Å²) in [5, 5.41) is 6.98. The summed E-state index contributed by atoms with van der Waals surface area (Å²) in [6, 6.07) is 17.9. The highest BCUT2D eigenvalue weighted by Crippen LogP contribution is 2.21. The predicted octanol–water partition coefficient (Wildman–Crippen LogP) is 4.87. The maximum absolute atomic E-state index is 12.4. The van der Waals surface area contributed by atoms with Gasteiger partial charge < -0.3 is 19.1 Å². The Morgan fingerprint density at radius 1 is 1.09 bits per heavy atom. The number of aromatic nitrogens is 4. The molecule has 0 fully saturated rings. The van der Waals surface area contributed by atoms with Crippen molar-refractivity contribution in [1.82, 2.24) is 25.0 Å². The normalized spacial score (nSPS) is 12.4. The second-order valence-corrected chi connectivity index (χ2v) is 9.22. The minimum Gasteiger partial charge on any atom is -0.444 e. The van der Waals surface area contributed by atoms with Gasteiger partial charge in [0.05, 0.1) is 12.0 Å². The number of benzene rings is 2. The number of nitrogens with zero attached hydrogens (tertiary/aromatic N) is 4. The van der Waals surface area contributed by atoms with Crippen molar-refractivity contribution in [3.05, 3.63) is 90.1 Å². The van der Waals surface area contributed by atoms with Crippen molar-refractivity contribution >= 4 is 6.09 Å². The molecule has 0 aliphatic heterocycles. The first-order valence-corrected chi connectivity index (χ1v) is 11.2. The molecule has 0 saturated carbocycles. The average Bonchev–Trinajstić information content (AvgIpc) is 3.42. The van der Waals surface area contributed by atoms with Crippen molar-refractivity contribution in [2.45, 2.75) is 45.3 Å². The number of alkyl carbamates (subject to hydrolysis) is 1. The zero-order chi connectivity index (χ0) is 24.1. The highest BCUT2D eigenvalue weighted by atomic mass is 16.6. The van der Waals surface area contributed by atoms with Gasteiger partial charge in [0.15, 0.2) is 5.82 Å². The molecular formula is C26H29N5O3. The van der Waals surface area contributed by atoms with E-state index >= 15 is 0 Å². The molecule has 1 amide bonds. The zero-order valence-corrected chi connectivity index (χ0v) is 19.9. The smallest absolute Gasteiger partial charge is 0.408 e. The number of imidazole rings is 1. The Labute approximate surface area is 199 Å². The van der Waals surface area contributed by atoms with Crippen LogP contribution in [0.15, 0.2) is 71.6 Å². The number of amides is 1. The number of hydrogen-bond acceptors (Lipinski definition) is 6. The number of ether oxygens (including phenoxy) is 1. The Kier molecular flexibility index (Phi) is 6.77. The second kappa shape index (κ2) is 9.91. The first-order chi connectivity index (χ1) is 16.2. The van der Waals surface area contributed by atoms with Crippen molar-refractivity contribution in [3.63, 3.8) is 0 Å². The van der Waals surface area contributed by atoms with Crippen LogP contribution in [0.2, 0.25) is 0 Å². The molecule has 0 aliphatic carbocycles. The molecule has 0 saturated heterocycles. The van der Waals surface area contributed by atoms with Gasteiger partial charge in [0.25, 0.3) is 0 Å². The highest BCUT2D eigenvalue weighted by molar-refractivity contribution is 5.68. The maximum atomic E-state index is 12.4. The van der Waals surface area contributed by atoms with Crippen molar-refractivity contribution < 1.29 is 14.1 Å². The largest absolute Gasteiger partial charge is 0.444 e. The van der Waals surface area contributed by atoms with Crippen molar-refractivity contribution in [3.8, 4) is 11.1 Å². The van der Waals surface area contributed by atoms with Crippen molar-refractivity contribution in [1.29, 1.82) is 0 Å². The molecule has 4 aromatic rings. The molecule has 8 heteroatoms. The summed E-state index contributed by atoms with van der Waals surface area (Å²) in [4.78, 5) is 21.3. The first-order valence-electron chi connectivity index (χ1n) is 11.2. The number of carbonyl (C=O) groups excluding carboxylic acids is 1. The Morgan fingerprint density at radius 2 is 1.79 bits per heavy atom. The van der Waals surface area contributed by atoms with E-state index in [0.717, 1.165) is 16.8 Å². The molecule has 4 rings (SSSR count). The molecule has 0 unspecified atom stereocenters. The van der Waals surface area contributed by atoms with Crippen LogP contribution in [0.25, 0.3) is 11.1 Å². The van der Waals surface area contributed by atoms with Crippen molar-refractivity contribution in [2.75, 3.05) is 0 Å². The van der Waals surface area contributed by atoms with Gasteiger partial charge in [0, 0.05) is 26.1 Å². The number of aryl methyl sites for hydroxylation is 1. The molecule has 1 N–H and O–H groups in total.